The van der Waals surface area contributed by atoms with E-state index in [1.165, 1.54) is 11.6 Å². The van der Waals surface area contributed by atoms with E-state index in [9.17, 15) is 4.79 Å². The second-order valence-corrected chi connectivity index (χ2v) is 4.91. The lowest BCUT2D eigenvalue weighted by Crippen LogP contribution is -2.40. The summed E-state index contributed by atoms with van der Waals surface area (Å²) in [5.74, 6) is -0.0503. The number of aromatic nitrogens is 2. The Hall–Kier alpha value is -2.36. The number of carbonyl (C=O) groups excluding carboxylic acids is 1. The third kappa shape index (κ3) is 1.93. The van der Waals surface area contributed by atoms with Crippen LogP contribution in [0.5, 0.6) is 0 Å². The Morgan fingerprint density at radius 1 is 1.50 bits per heavy atom. The van der Waals surface area contributed by atoms with E-state index in [0.717, 1.165) is 17.7 Å². The van der Waals surface area contributed by atoms with Crippen molar-refractivity contribution in [3.63, 3.8) is 0 Å². The van der Waals surface area contributed by atoms with Crippen LogP contribution in [0.2, 0.25) is 0 Å². The minimum absolute atomic E-state index is 0.0503. The Kier molecular flexibility index (Phi) is 3.14. The predicted molar refractivity (Wildman–Crippen MR) is 75.9 cm³/mol. The molecule has 1 radical (unpaired) electrons. The summed E-state index contributed by atoms with van der Waals surface area (Å²) >= 11 is 0. The van der Waals surface area contributed by atoms with Gasteiger partial charge in [0, 0.05) is 13.6 Å². The first-order valence-corrected chi connectivity index (χ1v) is 6.63. The van der Waals surface area contributed by atoms with Crippen molar-refractivity contribution in [2.45, 2.75) is 12.5 Å². The molecular formula is C16H16N3O. The van der Waals surface area contributed by atoms with Crippen LogP contribution in [-0.4, -0.2) is 27.1 Å². The fourth-order valence-electron chi connectivity index (χ4n) is 2.83. The molecule has 0 saturated carbocycles. The molecule has 0 bridgehead atoms. The molecule has 1 aliphatic rings. The van der Waals surface area contributed by atoms with Crippen LogP contribution >= 0.6 is 0 Å². The summed E-state index contributed by atoms with van der Waals surface area (Å²) in [6, 6.07) is 9.97. The van der Waals surface area contributed by atoms with E-state index in [2.05, 4.69) is 30.0 Å². The molecule has 4 heteroatoms. The molecule has 0 saturated heterocycles. The number of hydrogen-bond acceptors (Lipinski definition) is 2. The maximum absolute atomic E-state index is 12.2. The van der Waals surface area contributed by atoms with Gasteiger partial charge in [0.1, 0.15) is 6.20 Å². The van der Waals surface area contributed by atoms with Gasteiger partial charge in [-0.05, 0) is 29.7 Å². The summed E-state index contributed by atoms with van der Waals surface area (Å²) < 4.78 is 1.77. The fourth-order valence-corrected chi connectivity index (χ4v) is 2.83. The molecule has 1 aromatic carbocycles. The number of hydrogen-bond donors (Lipinski definition) is 0. The summed E-state index contributed by atoms with van der Waals surface area (Å²) in [5, 5.41) is 4.11. The van der Waals surface area contributed by atoms with Crippen molar-refractivity contribution in [2.75, 3.05) is 6.54 Å². The standard InChI is InChI=1S/C16H16N3O/c1-3-15(20)19-11-9-12-6-4-5-7-13(12)16(19)14-8-10-17-18(14)2/h3-8,16H,1,9,11H2,2H3. The maximum atomic E-state index is 12.2. The zero-order chi connectivity index (χ0) is 14.1. The van der Waals surface area contributed by atoms with Gasteiger partial charge in [0.05, 0.1) is 11.7 Å². The Balaban J connectivity index is 2.15. The molecule has 0 spiro atoms. The largest absolute Gasteiger partial charge is 0.326 e. The molecule has 1 aliphatic heterocycles. The van der Waals surface area contributed by atoms with E-state index < -0.39 is 0 Å². The molecule has 20 heavy (non-hydrogen) atoms. The molecule has 2 aromatic rings. The molecule has 0 aliphatic carbocycles. The third-order valence-electron chi connectivity index (χ3n) is 3.82. The van der Waals surface area contributed by atoms with Gasteiger partial charge in [-0.2, -0.15) is 5.10 Å². The highest BCUT2D eigenvalue weighted by Gasteiger charge is 2.32. The zero-order valence-electron chi connectivity index (χ0n) is 11.4. The number of carbonyl (C=O) groups is 1. The van der Waals surface area contributed by atoms with Crippen LogP contribution in [0.15, 0.2) is 43.0 Å². The van der Waals surface area contributed by atoms with Gasteiger partial charge in [-0.15, -0.1) is 0 Å². The van der Waals surface area contributed by atoms with Crippen molar-refractivity contribution in [1.29, 1.82) is 0 Å². The highest BCUT2D eigenvalue weighted by Crippen LogP contribution is 2.34. The van der Waals surface area contributed by atoms with Gasteiger partial charge >= 0.3 is 0 Å². The number of benzene rings is 1. The SMILES string of the molecule is C=CC(=O)N1CCc2ccccc2C1c1c[c]nn1C. The van der Waals surface area contributed by atoms with Gasteiger partial charge in [0.2, 0.25) is 5.91 Å². The Labute approximate surface area is 118 Å². The highest BCUT2D eigenvalue weighted by molar-refractivity contribution is 5.88. The van der Waals surface area contributed by atoms with Crippen LogP contribution in [0.3, 0.4) is 0 Å². The van der Waals surface area contributed by atoms with E-state index in [4.69, 9.17) is 0 Å². The van der Waals surface area contributed by atoms with Gasteiger partial charge in [0.15, 0.2) is 0 Å². The Bertz CT molecular complexity index is 659. The summed E-state index contributed by atoms with van der Waals surface area (Å²) in [6.07, 6.45) is 5.10. The zero-order valence-corrected chi connectivity index (χ0v) is 11.4. The van der Waals surface area contributed by atoms with Crippen molar-refractivity contribution in [3.8, 4) is 0 Å². The van der Waals surface area contributed by atoms with Crippen molar-refractivity contribution < 1.29 is 4.79 Å². The number of fused-ring (bicyclic) bond motifs is 1. The quantitative estimate of drug-likeness (QED) is 0.778. The van der Waals surface area contributed by atoms with Crippen LogP contribution in [0.1, 0.15) is 22.9 Å². The van der Waals surface area contributed by atoms with Crippen molar-refractivity contribution >= 4 is 5.91 Å². The van der Waals surface area contributed by atoms with Gasteiger partial charge < -0.3 is 4.90 Å². The minimum atomic E-state index is -0.116. The van der Waals surface area contributed by atoms with Crippen LogP contribution in [0.4, 0.5) is 0 Å². The maximum Gasteiger partial charge on any atom is 0.246 e. The average molecular weight is 266 g/mol. The normalized spacial score (nSPS) is 17.6. The second kappa shape index (κ2) is 4.96. The molecule has 4 nitrogen and oxygen atoms in total. The molecule has 1 aromatic heterocycles. The monoisotopic (exact) mass is 266 g/mol. The third-order valence-corrected chi connectivity index (χ3v) is 3.82. The van der Waals surface area contributed by atoms with Crippen molar-refractivity contribution in [3.05, 3.63) is 66.0 Å². The summed E-state index contributed by atoms with van der Waals surface area (Å²) in [7, 11) is 1.87. The van der Waals surface area contributed by atoms with Crippen LogP contribution < -0.4 is 0 Å². The van der Waals surface area contributed by atoms with E-state index in [-0.39, 0.29) is 11.9 Å². The van der Waals surface area contributed by atoms with Gasteiger partial charge in [0.25, 0.3) is 0 Å². The summed E-state index contributed by atoms with van der Waals surface area (Å²) in [6.45, 7) is 4.30. The summed E-state index contributed by atoms with van der Waals surface area (Å²) in [5.41, 5.74) is 3.41. The second-order valence-electron chi connectivity index (χ2n) is 4.91. The first-order chi connectivity index (χ1) is 9.72. The van der Waals surface area contributed by atoms with Crippen LogP contribution in [-0.2, 0) is 18.3 Å². The van der Waals surface area contributed by atoms with Gasteiger partial charge in [-0.25, -0.2) is 0 Å². The molecule has 2 heterocycles. The van der Waals surface area contributed by atoms with Crippen molar-refractivity contribution in [2.24, 2.45) is 7.05 Å². The van der Waals surface area contributed by atoms with Gasteiger partial charge in [-0.1, -0.05) is 30.8 Å². The number of amides is 1. The smallest absolute Gasteiger partial charge is 0.246 e. The van der Waals surface area contributed by atoms with Crippen LogP contribution in [0, 0.1) is 6.20 Å². The van der Waals surface area contributed by atoms with E-state index in [1.807, 2.05) is 30.1 Å². The lowest BCUT2D eigenvalue weighted by molar-refractivity contribution is -0.128. The number of aryl methyl sites for hydroxylation is 1. The summed E-state index contributed by atoms with van der Waals surface area (Å²) in [4.78, 5) is 14.0. The topological polar surface area (TPSA) is 38.1 Å². The molecular weight excluding hydrogens is 250 g/mol. The number of nitrogens with zero attached hydrogens (tertiary/aromatic N) is 3. The molecule has 0 N–H and O–H groups in total. The number of rotatable bonds is 2. The first-order valence-electron chi connectivity index (χ1n) is 6.63. The van der Waals surface area contributed by atoms with Crippen LogP contribution in [0.25, 0.3) is 0 Å². The molecule has 101 valence electrons. The van der Waals surface area contributed by atoms with Gasteiger partial charge in [-0.3, -0.25) is 9.48 Å². The molecule has 0 fully saturated rings. The average Bonchev–Trinajstić information content (AvgIpc) is 2.91. The Morgan fingerprint density at radius 3 is 3.00 bits per heavy atom. The van der Waals surface area contributed by atoms with E-state index in [1.54, 1.807) is 4.68 Å². The lowest BCUT2D eigenvalue weighted by atomic mass is 9.90. The van der Waals surface area contributed by atoms with E-state index >= 15 is 0 Å². The van der Waals surface area contributed by atoms with E-state index in [0.29, 0.717) is 6.54 Å². The van der Waals surface area contributed by atoms with Crippen molar-refractivity contribution in [1.82, 2.24) is 14.7 Å². The fraction of sp³-hybridized carbons (Fsp3) is 0.250. The lowest BCUT2D eigenvalue weighted by Gasteiger charge is -2.36. The molecule has 3 rings (SSSR count). The predicted octanol–water partition coefficient (Wildman–Crippen LogP) is 1.88. The highest BCUT2D eigenvalue weighted by atomic mass is 16.2. The molecule has 1 atom stereocenters. The minimum Gasteiger partial charge on any atom is -0.326 e. The Morgan fingerprint density at radius 2 is 2.30 bits per heavy atom. The first kappa shape index (κ1) is 12.7. The molecule has 1 amide bonds. The molecule has 1 unspecified atom stereocenters.